The van der Waals surface area contributed by atoms with E-state index in [1.165, 1.54) is 17.2 Å². The lowest BCUT2D eigenvalue weighted by atomic mass is 9.96. The molecule has 6 nitrogen and oxygen atoms in total. The van der Waals surface area contributed by atoms with Crippen molar-refractivity contribution in [2.75, 3.05) is 31.1 Å². The van der Waals surface area contributed by atoms with Crippen molar-refractivity contribution < 1.29 is 17.6 Å². The highest BCUT2D eigenvalue weighted by atomic mass is 19.3. The summed E-state index contributed by atoms with van der Waals surface area (Å²) in [5.41, 5.74) is 2.36. The number of alkyl halides is 4. The van der Waals surface area contributed by atoms with Crippen LogP contribution in [0.1, 0.15) is 23.0 Å². The van der Waals surface area contributed by atoms with Crippen LogP contribution in [0.2, 0.25) is 0 Å². The SMILES string of the molecule is FC(F)C(F)(F)c1nnc2ccc(N3CCN(C(c4ccccc4)c4ccccc4)CC3)nn12. The molecule has 0 saturated carbocycles. The summed E-state index contributed by atoms with van der Waals surface area (Å²) < 4.78 is 54.4. The first-order valence-corrected chi connectivity index (χ1v) is 10.9. The molecule has 0 aliphatic carbocycles. The van der Waals surface area contributed by atoms with Crippen LogP contribution in [0.15, 0.2) is 72.8 Å². The summed E-state index contributed by atoms with van der Waals surface area (Å²) in [5.74, 6) is -5.19. The summed E-state index contributed by atoms with van der Waals surface area (Å²) >= 11 is 0. The molecule has 0 radical (unpaired) electrons. The van der Waals surface area contributed by atoms with E-state index in [1.807, 2.05) is 41.3 Å². The topological polar surface area (TPSA) is 49.6 Å². The number of nitrogens with zero attached hydrogens (tertiary/aromatic N) is 6. The van der Waals surface area contributed by atoms with Crippen LogP contribution in [-0.2, 0) is 5.92 Å². The molecule has 0 amide bonds. The molecule has 1 aliphatic rings. The second kappa shape index (κ2) is 9.02. The zero-order valence-electron chi connectivity index (χ0n) is 18.1. The Labute approximate surface area is 193 Å². The highest BCUT2D eigenvalue weighted by molar-refractivity contribution is 5.46. The summed E-state index contributed by atoms with van der Waals surface area (Å²) in [4.78, 5) is 4.32. The van der Waals surface area contributed by atoms with E-state index in [0.29, 0.717) is 36.5 Å². The van der Waals surface area contributed by atoms with Crippen LogP contribution in [0.5, 0.6) is 0 Å². The Morgan fingerprint density at radius 2 is 1.32 bits per heavy atom. The third-order valence-electron chi connectivity index (χ3n) is 6.05. The molecule has 0 spiro atoms. The van der Waals surface area contributed by atoms with Crippen LogP contribution >= 0.6 is 0 Å². The lowest BCUT2D eigenvalue weighted by Crippen LogP contribution is -2.48. The van der Waals surface area contributed by atoms with Crippen LogP contribution in [0.25, 0.3) is 5.65 Å². The van der Waals surface area contributed by atoms with Crippen molar-refractivity contribution in [1.29, 1.82) is 0 Å². The fourth-order valence-corrected chi connectivity index (χ4v) is 4.35. The molecule has 176 valence electrons. The molecule has 2 aromatic heterocycles. The van der Waals surface area contributed by atoms with E-state index < -0.39 is 18.2 Å². The number of benzene rings is 2. The zero-order chi connectivity index (χ0) is 23.7. The highest BCUT2D eigenvalue weighted by Gasteiger charge is 2.47. The Bertz CT molecular complexity index is 1200. The van der Waals surface area contributed by atoms with Gasteiger partial charge in [-0.2, -0.15) is 13.3 Å². The summed E-state index contributed by atoms with van der Waals surface area (Å²) in [7, 11) is 0. The van der Waals surface area contributed by atoms with Crippen molar-refractivity contribution in [3.63, 3.8) is 0 Å². The van der Waals surface area contributed by atoms with Gasteiger partial charge in [-0.15, -0.1) is 15.3 Å². The molecule has 1 aliphatic heterocycles. The van der Waals surface area contributed by atoms with E-state index in [0.717, 1.165) is 0 Å². The summed E-state index contributed by atoms with van der Waals surface area (Å²) in [5, 5.41) is 11.0. The van der Waals surface area contributed by atoms with Gasteiger partial charge in [0.2, 0.25) is 5.82 Å². The summed E-state index contributed by atoms with van der Waals surface area (Å²) in [6.07, 6.45) is -3.90. The van der Waals surface area contributed by atoms with Crippen molar-refractivity contribution in [2.45, 2.75) is 18.4 Å². The van der Waals surface area contributed by atoms with Gasteiger partial charge in [-0.1, -0.05) is 60.7 Å². The third kappa shape index (κ3) is 4.09. The van der Waals surface area contributed by atoms with Gasteiger partial charge in [-0.25, -0.2) is 8.78 Å². The van der Waals surface area contributed by atoms with Crippen LogP contribution in [0, 0.1) is 0 Å². The fourth-order valence-electron chi connectivity index (χ4n) is 4.35. The Hall–Kier alpha value is -3.53. The number of aromatic nitrogens is 4. The summed E-state index contributed by atoms with van der Waals surface area (Å²) in [6, 6.07) is 23.7. The second-order valence-electron chi connectivity index (χ2n) is 8.16. The molecule has 1 fully saturated rings. The van der Waals surface area contributed by atoms with Gasteiger partial charge in [-0.3, -0.25) is 4.90 Å². The van der Waals surface area contributed by atoms with E-state index in [-0.39, 0.29) is 11.7 Å². The van der Waals surface area contributed by atoms with Crippen molar-refractivity contribution >= 4 is 11.5 Å². The number of hydrogen-bond donors (Lipinski definition) is 0. The van der Waals surface area contributed by atoms with Crippen LogP contribution < -0.4 is 4.90 Å². The molecular formula is C24H22F4N6. The lowest BCUT2D eigenvalue weighted by molar-refractivity contribution is -0.142. The number of hydrogen-bond acceptors (Lipinski definition) is 5. The molecule has 0 bridgehead atoms. The molecule has 0 atom stereocenters. The maximum absolute atomic E-state index is 13.9. The van der Waals surface area contributed by atoms with Crippen LogP contribution in [-0.4, -0.2) is 57.3 Å². The van der Waals surface area contributed by atoms with E-state index in [1.54, 1.807) is 6.07 Å². The molecule has 0 N–H and O–H groups in total. The minimum absolute atomic E-state index is 0.00840. The monoisotopic (exact) mass is 470 g/mol. The van der Waals surface area contributed by atoms with E-state index in [9.17, 15) is 17.6 Å². The minimum Gasteiger partial charge on any atom is -0.353 e. The summed E-state index contributed by atoms with van der Waals surface area (Å²) in [6.45, 7) is 2.60. The molecular weight excluding hydrogens is 448 g/mol. The number of fused-ring (bicyclic) bond motifs is 1. The molecule has 1 saturated heterocycles. The molecule has 5 rings (SSSR count). The Kier molecular flexibility index (Phi) is 5.91. The standard InChI is InChI=1S/C24H22F4N6/c25-22(26)24(27,28)23-30-29-19-11-12-20(31-34(19)23)32-13-15-33(16-14-32)21(17-7-3-1-4-8-17)18-9-5-2-6-10-18/h1-12,21-22H,13-16H2. The first kappa shape index (κ1) is 22.3. The number of rotatable bonds is 6. The number of halogens is 4. The third-order valence-corrected chi connectivity index (χ3v) is 6.05. The largest absolute Gasteiger partial charge is 0.367 e. The van der Waals surface area contributed by atoms with Gasteiger partial charge in [0.15, 0.2) is 5.65 Å². The fraction of sp³-hybridized carbons (Fsp3) is 0.292. The molecule has 2 aromatic carbocycles. The second-order valence-corrected chi connectivity index (χ2v) is 8.16. The first-order valence-electron chi connectivity index (χ1n) is 10.9. The average Bonchev–Trinajstić information content (AvgIpc) is 3.30. The number of anilines is 1. The maximum atomic E-state index is 13.9. The molecule has 3 heterocycles. The maximum Gasteiger partial charge on any atom is 0.367 e. The molecule has 4 aromatic rings. The Balaban J connectivity index is 1.38. The predicted molar refractivity (Wildman–Crippen MR) is 119 cm³/mol. The molecule has 34 heavy (non-hydrogen) atoms. The van der Waals surface area contributed by atoms with Gasteiger partial charge >= 0.3 is 12.3 Å². The quantitative estimate of drug-likeness (QED) is 0.391. The number of piperazine rings is 1. The van der Waals surface area contributed by atoms with Crippen molar-refractivity contribution in [2.24, 2.45) is 0 Å². The minimum atomic E-state index is -4.44. The van der Waals surface area contributed by atoms with Gasteiger partial charge < -0.3 is 4.90 Å². The molecule has 10 heteroatoms. The van der Waals surface area contributed by atoms with E-state index in [2.05, 4.69) is 44.5 Å². The van der Waals surface area contributed by atoms with Gasteiger partial charge in [0.1, 0.15) is 5.82 Å². The lowest BCUT2D eigenvalue weighted by Gasteiger charge is -2.40. The smallest absolute Gasteiger partial charge is 0.353 e. The van der Waals surface area contributed by atoms with Gasteiger partial charge in [0.25, 0.3) is 0 Å². The Morgan fingerprint density at radius 1 is 0.735 bits per heavy atom. The van der Waals surface area contributed by atoms with Gasteiger partial charge in [-0.05, 0) is 23.3 Å². The Morgan fingerprint density at radius 3 is 1.88 bits per heavy atom. The average molecular weight is 470 g/mol. The van der Waals surface area contributed by atoms with E-state index >= 15 is 0 Å². The van der Waals surface area contributed by atoms with Crippen molar-refractivity contribution in [1.82, 2.24) is 24.7 Å². The van der Waals surface area contributed by atoms with Gasteiger partial charge in [0, 0.05) is 26.2 Å². The highest BCUT2D eigenvalue weighted by Crippen LogP contribution is 2.34. The normalized spacial score (nSPS) is 15.5. The van der Waals surface area contributed by atoms with Crippen molar-refractivity contribution in [3.8, 4) is 0 Å². The molecule has 0 unspecified atom stereocenters. The van der Waals surface area contributed by atoms with Crippen LogP contribution in [0.4, 0.5) is 23.4 Å². The first-order chi connectivity index (χ1) is 16.4. The van der Waals surface area contributed by atoms with Crippen molar-refractivity contribution in [3.05, 3.63) is 89.7 Å². The van der Waals surface area contributed by atoms with E-state index in [4.69, 9.17) is 0 Å². The van der Waals surface area contributed by atoms with Gasteiger partial charge in [0.05, 0.1) is 6.04 Å². The predicted octanol–water partition coefficient (Wildman–Crippen LogP) is 4.39. The van der Waals surface area contributed by atoms with Crippen LogP contribution in [0.3, 0.4) is 0 Å². The zero-order valence-corrected chi connectivity index (χ0v) is 18.1.